The molecule has 0 aromatic carbocycles. The van der Waals surface area contributed by atoms with E-state index in [4.69, 9.17) is 5.73 Å². The molecule has 0 bridgehead atoms. The van der Waals surface area contributed by atoms with Gasteiger partial charge in [0.1, 0.15) is 17.8 Å². The van der Waals surface area contributed by atoms with Crippen molar-refractivity contribution in [2.75, 3.05) is 49.2 Å². The van der Waals surface area contributed by atoms with Crippen LogP contribution in [-0.4, -0.2) is 53.1 Å². The zero-order valence-electron chi connectivity index (χ0n) is 13.0. The van der Waals surface area contributed by atoms with E-state index < -0.39 is 0 Å². The van der Waals surface area contributed by atoms with Crippen LogP contribution >= 0.6 is 0 Å². The molecule has 3 N–H and O–H groups in total. The summed E-state index contributed by atoms with van der Waals surface area (Å²) in [7, 11) is 2.12. The van der Waals surface area contributed by atoms with Gasteiger partial charge in [0.25, 0.3) is 0 Å². The van der Waals surface area contributed by atoms with E-state index in [0.29, 0.717) is 11.5 Å². The molecule has 0 amide bonds. The van der Waals surface area contributed by atoms with Crippen LogP contribution in [0.25, 0.3) is 0 Å². The van der Waals surface area contributed by atoms with E-state index in [-0.39, 0.29) is 0 Å². The SMILES string of the molecule is Cc1cccc(Nc2ncnc(N3CCN(C)CC3)c2N)n1. The molecule has 0 saturated carbocycles. The van der Waals surface area contributed by atoms with Gasteiger partial charge in [-0.15, -0.1) is 0 Å². The van der Waals surface area contributed by atoms with Crippen molar-refractivity contribution in [2.45, 2.75) is 6.92 Å². The molecule has 1 aliphatic heterocycles. The first-order valence-corrected chi connectivity index (χ1v) is 7.38. The summed E-state index contributed by atoms with van der Waals surface area (Å²) < 4.78 is 0. The molecule has 22 heavy (non-hydrogen) atoms. The van der Waals surface area contributed by atoms with Gasteiger partial charge in [-0.05, 0) is 26.1 Å². The summed E-state index contributed by atoms with van der Waals surface area (Å²) in [4.78, 5) is 17.5. The Morgan fingerprint density at radius 3 is 2.64 bits per heavy atom. The number of aromatic nitrogens is 3. The van der Waals surface area contributed by atoms with Gasteiger partial charge in [-0.3, -0.25) is 0 Å². The summed E-state index contributed by atoms with van der Waals surface area (Å²) in [6.07, 6.45) is 1.54. The highest BCUT2D eigenvalue weighted by atomic mass is 15.3. The maximum Gasteiger partial charge on any atom is 0.160 e. The molecule has 1 aliphatic rings. The smallest absolute Gasteiger partial charge is 0.160 e. The lowest BCUT2D eigenvalue weighted by molar-refractivity contribution is 0.312. The number of anilines is 4. The average molecular weight is 299 g/mol. The highest BCUT2D eigenvalue weighted by Gasteiger charge is 2.19. The number of nitrogens with two attached hydrogens (primary N) is 1. The summed E-state index contributed by atoms with van der Waals surface area (Å²) in [5, 5.41) is 3.18. The van der Waals surface area contributed by atoms with Crippen molar-refractivity contribution in [3.8, 4) is 0 Å². The molecule has 0 unspecified atom stereocenters. The number of aryl methyl sites for hydroxylation is 1. The van der Waals surface area contributed by atoms with Gasteiger partial charge >= 0.3 is 0 Å². The van der Waals surface area contributed by atoms with Crippen LogP contribution in [0.3, 0.4) is 0 Å². The zero-order chi connectivity index (χ0) is 15.5. The number of hydrogen-bond donors (Lipinski definition) is 2. The second-order valence-corrected chi connectivity index (χ2v) is 5.54. The first-order valence-electron chi connectivity index (χ1n) is 7.38. The Kier molecular flexibility index (Phi) is 4.06. The molecule has 0 radical (unpaired) electrons. The van der Waals surface area contributed by atoms with Gasteiger partial charge in [0.15, 0.2) is 11.6 Å². The number of hydrogen-bond acceptors (Lipinski definition) is 7. The summed E-state index contributed by atoms with van der Waals surface area (Å²) in [5.74, 6) is 2.12. The normalized spacial score (nSPS) is 15.8. The maximum atomic E-state index is 6.26. The average Bonchev–Trinajstić information content (AvgIpc) is 2.51. The Labute approximate surface area is 130 Å². The topological polar surface area (TPSA) is 83.2 Å². The van der Waals surface area contributed by atoms with E-state index in [1.807, 2.05) is 25.1 Å². The van der Waals surface area contributed by atoms with E-state index in [1.54, 1.807) is 6.33 Å². The van der Waals surface area contributed by atoms with Gasteiger partial charge in [0.2, 0.25) is 0 Å². The monoisotopic (exact) mass is 299 g/mol. The van der Waals surface area contributed by atoms with Crippen LogP contribution in [0, 0.1) is 6.92 Å². The zero-order valence-corrected chi connectivity index (χ0v) is 13.0. The van der Waals surface area contributed by atoms with E-state index in [1.165, 1.54) is 0 Å². The molecule has 2 aromatic rings. The van der Waals surface area contributed by atoms with Gasteiger partial charge in [-0.25, -0.2) is 15.0 Å². The fourth-order valence-corrected chi connectivity index (χ4v) is 2.49. The van der Waals surface area contributed by atoms with Crippen LogP contribution in [0.4, 0.5) is 23.1 Å². The van der Waals surface area contributed by atoms with Crippen molar-refractivity contribution < 1.29 is 0 Å². The number of likely N-dealkylation sites (N-methyl/N-ethyl adjacent to an activating group) is 1. The lowest BCUT2D eigenvalue weighted by Gasteiger charge is -2.33. The quantitative estimate of drug-likeness (QED) is 0.882. The summed E-state index contributed by atoms with van der Waals surface area (Å²) in [5.41, 5.74) is 7.77. The highest BCUT2D eigenvalue weighted by molar-refractivity contribution is 5.77. The van der Waals surface area contributed by atoms with E-state index >= 15 is 0 Å². The van der Waals surface area contributed by atoms with Gasteiger partial charge in [0.05, 0.1) is 0 Å². The Morgan fingerprint density at radius 2 is 1.91 bits per heavy atom. The lowest BCUT2D eigenvalue weighted by atomic mass is 10.3. The number of nitrogen functional groups attached to an aromatic ring is 1. The molecule has 1 saturated heterocycles. The largest absolute Gasteiger partial charge is 0.393 e. The summed E-state index contributed by atoms with van der Waals surface area (Å²) in [6.45, 7) is 5.79. The van der Waals surface area contributed by atoms with Crippen LogP contribution in [0.15, 0.2) is 24.5 Å². The molecule has 1 fully saturated rings. The fraction of sp³-hybridized carbons (Fsp3) is 0.400. The first-order chi connectivity index (χ1) is 10.6. The second kappa shape index (κ2) is 6.15. The molecular weight excluding hydrogens is 278 g/mol. The Morgan fingerprint density at radius 1 is 1.14 bits per heavy atom. The van der Waals surface area contributed by atoms with Crippen LogP contribution in [0.2, 0.25) is 0 Å². The maximum absolute atomic E-state index is 6.26. The van der Waals surface area contributed by atoms with Crippen molar-refractivity contribution in [1.82, 2.24) is 19.9 Å². The van der Waals surface area contributed by atoms with Gasteiger partial charge < -0.3 is 20.9 Å². The minimum absolute atomic E-state index is 0.565. The molecular formula is C15H21N7. The second-order valence-electron chi connectivity index (χ2n) is 5.54. The minimum Gasteiger partial charge on any atom is -0.393 e. The third kappa shape index (κ3) is 3.09. The predicted octanol–water partition coefficient (Wildman–Crippen LogP) is 1.26. The van der Waals surface area contributed by atoms with Crippen LogP contribution < -0.4 is 16.0 Å². The van der Waals surface area contributed by atoms with Crippen LogP contribution in [0.1, 0.15) is 5.69 Å². The number of nitrogens with one attached hydrogen (secondary N) is 1. The van der Waals surface area contributed by atoms with Crippen molar-refractivity contribution in [2.24, 2.45) is 0 Å². The van der Waals surface area contributed by atoms with Crippen molar-refractivity contribution in [3.05, 3.63) is 30.2 Å². The highest BCUT2D eigenvalue weighted by Crippen LogP contribution is 2.28. The van der Waals surface area contributed by atoms with Crippen molar-refractivity contribution in [3.63, 3.8) is 0 Å². The molecule has 2 aromatic heterocycles. The van der Waals surface area contributed by atoms with Gasteiger partial charge in [-0.1, -0.05) is 6.07 Å². The van der Waals surface area contributed by atoms with Crippen molar-refractivity contribution >= 4 is 23.1 Å². The van der Waals surface area contributed by atoms with Gasteiger partial charge in [0, 0.05) is 31.9 Å². The molecule has 7 nitrogen and oxygen atoms in total. The molecule has 7 heteroatoms. The summed E-state index contributed by atoms with van der Waals surface area (Å²) >= 11 is 0. The predicted molar refractivity (Wildman–Crippen MR) is 88.4 cm³/mol. The molecule has 3 heterocycles. The Bertz CT molecular complexity index is 650. The number of rotatable bonds is 3. The third-order valence-corrected chi connectivity index (χ3v) is 3.80. The first kappa shape index (κ1) is 14.5. The van der Waals surface area contributed by atoms with Crippen LogP contribution in [0.5, 0.6) is 0 Å². The van der Waals surface area contributed by atoms with E-state index in [0.717, 1.165) is 43.5 Å². The molecule has 0 aliphatic carbocycles. The van der Waals surface area contributed by atoms with Crippen molar-refractivity contribution in [1.29, 1.82) is 0 Å². The molecule has 116 valence electrons. The fourth-order valence-electron chi connectivity index (χ4n) is 2.49. The van der Waals surface area contributed by atoms with E-state index in [9.17, 15) is 0 Å². The molecule has 3 rings (SSSR count). The Balaban J connectivity index is 1.83. The number of pyridine rings is 1. The standard InChI is InChI=1S/C15H21N7/c1-11-4-3-5-12(19-11)20-14-13(16)15(18-10-17-14)22-8-6-21(2)7-9-22/h3-5,10H,6-9,16H2,1-2H3,(H,17,18,19,20). The molecule has 0 atom stereocenters. The number of nitrogens with zero attached hydrogens (tertiary/aromatic N) is 5. The van der Waals surface area contributed by atoms with Crippen LogP contribution in [-0.2, 0) is 0 Å². The number of piperazine rings is 1. The third-order valence-electron chi connectivity index (χ3n) is 3.80. The van der Waals surface area contributed by atoms with Gasteiger partial charge in [-0.2, -0.15) is 0 Å². The van der Waals surface area contributed by atoms with E-state index in [2.05, 4.69) is 37.1 Å². The molecule has 0 spiro atoms. The lowest BCUT2D eigenvalue weighted by Crippen LogP contribution is -2.45. The summed E-state index contributed by atoms with van der Waals surface area (Å²) in [6, 6.07) is 5.79. The minimum atomic E-state index is 0.565. The Hall–Kier alpha value is -2.41.